The van der Waals surface area contributed by atoms with Gasteiger partial charge in [0.05, 0.1) is 24.8 Å². The zero-order valence-corrected chi connectivity index (χ0v) is 23.5. The quantitative estimate of drug-likeness (QED) is 0.427. The zero-order chi connectivity index (χ0) is 28.5. The van der Waals surface area contributed by atoms with Gasteiger partial charge in [-0.2, -0.15) is 0 Å². The molecule has 0 saturated carbocycles. The van der Waals surface area contributed by atoms with E-state index in [0.717, 1.165) is 13.0 Å². The average molecular weight is 540 g/mol. The summed E-state index contributed by atoms with van der Waals surface area (Å²) in [6.07, 6.45) is 0.659. The largest absolute Gasteiger partial charge is 0.487 e. The van der Waals surface area contributed by atoms with Gasteiger partial charge in [0.15, 0.2) is 0 Å². The molecule has 1 heterocycles. The molecule has 3 N–H and O–H groups in total. The average Bonchev–Trinajstić information content (AvgIpc) is 2.90. The summed E-state index contributed by atoms with van der Waals surface area (Å²) >= 11 is 0. The minimum Gasteiger partial charge on any atom is -0.487 e. The predicted octanol–water partition coefficient (Wildman–Crippen LogP) is 3.35. The molecule has 0 spiro atoms. The number of fused-ring (bicyclic) bond motifs is 1. The van der Waals surface area contributed by atoms with Crippen LogP contribution in [0.3, 0.4) is 0 Å². The molecule has 39 heavy (non-hydrogen) atoms. The number of rotatable bonds is 10. The number of nitrogens with one attached hydrogen (secondary N) is 2. The number of benzene rings is 2. The summed E-state index contributed by atoms with van der Waals surface area (Å²) in [4.78, 5) is 44.1. The van der Waals surface area contributed by atoms with Crippen molar-refractivity contribution in [2.75, 3.05) is 58.0 Å². The number of urea groups is 1. The molecule has 0 aliphatic carbocycles. The van der Waals surface area contributed by atoms with E-state index in [4.69, 9.17) is 4.74 Å². The second kappa shape index (κ2) is 14.0. The van der Waals surface area contributed by atoms with Crippen molar-refractivity contribution in [2.24, 2.45) is 5.92 Å². The lowest BCUT2D eigenvalue weighted by atomic mass is 9.99. The maximum atomic E-state index is 13.6. The lowest BCUT2D eigenvalue weighted by Gasteiger charge is -2.38. The Bertz CT molecular complexity index is 1130. The van der Waals surface area contributed by atoms with Gasteiger partial charge in [0.2, 0.25) is 5.91 Å². The van der Waals surface area contributed by atoms with Crippen LogP contribution in [0.5, 0.6) is 5.75 Å². The lowest BCUT2D eigenvalue weighted by molar-refractivity contribution is -0.116. The number of hydrogen-bond acceptors (Lipinski definition) is 6. The molecule has 0 radical (unpaired) electrons. The standard InChI is InChI=1S/C29H41N5O5/c1-20-17-34(21(2)19-35)28(37)24-16-23(30-27(36)12-9-15-32(3)4)13-14-25(24)39-26(20)18-33(5)29(38)31-22-10-7-6-8-11-22/h6-8,10-11,13-14,16,20-21,26,35H,9,12,15,17-19H2,1-5H3,(H,30,36)(H,31,38)/t20-,21+,26-/m0/s1. The van der Waals surface area contributed by atoms with Crippen LogP contribution in [0.2, 0.25) is 0 Å². The maximum absolute atomic E-state index is 13.6. The second-order valence-electron chi connectivity index (χ2n) is 10.5. The van der Waals surface area contributed by atoms with Crippen molar-refractivity contribution in [3.8, 4) is 5.75 Å². The molecule has 2 aromatic carbocycles. The molecule has 4 amide bonds. The molecule has 1 aliphatic heterocycles. The number of amides is 4. The van der Waals surface area contributed by atoms with Gasteiger partial charge in [-0.3, -0.25) is 9.59 Å². The molecular formula is C29H41N5O5. The first-order valence-corrected chi connectivity index (χ1v) is 13.3. The van der Waals surface area contributed by atoms with Crippen molar-refractivity contribution in [1.29, 1.82) is 0 Å². The van der Waals surface area contributed by atoms with Gasteiger partial charge in [-0.25, -0.2) is 4.79 Å². The monoisotopic (exact) mass is 539 g/mol. The number of carbonyl (C=O) groups is 3. The van der Waals surface area contributed by atoms with Crippen molar-refractivity contribution >= 4 is 29.2 Å². The molecule has 212 valence electrons. The van der Waals surface area contributed by atoms with E-state index in [1.54, 1.807) is 42.0 Å². The third kappa shape index (κ3) is 8.43. The zero-order valence-electron chi connectivity index (χ0n) is 23.5. The van der Waals surface area contributed by atoms with Gasteiger partial charge in [-0.05, 0) is 64.3 Å². The number of hydrogen-bond donors (Lipinski definition) is 3. The first-order valence-electron chi connectivity index (χ1n) is 13.3. The topological polar surface area (TPSA) is 114 Å². The van der Waals surface area contributed by atoms with Crippen molar-refractivity contribution in [3.63, 3.8) is 0 Å². The number of carbonyl (C=O) groups excluding carboxylic acids is 3. The van der Waals surface area contributed by atoms with Crippen LogP contribution >= 0.6 is 0 Å². The molecule has 0 aromatic heterocycles. The Kier molecular flexibility index (Phi) is 10.7. The number of para-hydroxylation sites is 1. The van der Waals surface area contributed by atoms with Gasteiger partial charge in [0.1, 0.15) is 11.9 Å². The van der Waals surface area contributed by atoms with E-state index in [-0.39, 0.29) is 36.9 Å². The van der Waals surface area contributed by atoms with Crippen LogP contribution in [-0.4, -0.2) is 97.2 Å². The molecule has 2 aromatic rings. The van der Waals surface area contributed by atoms with E-state index in [0.29, 0.717) is 35.7 Å². The van der Waals surface area contributed by atoms with Gasteiger partial charge < -0.3 is 35.2 Å². The molecule has 3 atom stereocenters. The third-order valence-electron chi connectivity index (χ3n) is 6.78. The van der Waals surface area contributed by atoms with Crippen LogP contribution in [0.25, 0.3) is 0 Å². The molecule has 0 bridgehead atoms. The lowest BCUT2D eigenvalue weighted by Crippen LogP contribution is -2.50. The van der Waals surface area contributed by atoms with Crippen LogP contribution < -0.4 is 15.4 Å². The van der Waals surface area contributed by atoms with E-state index >= 15 is 0 Å². The summed E-state index contributed by atoms with van der Waals surface area (Å²) in [6.45, 7) is 4.97. The van der Waals surface area contributed by atoms with Gasteiger partial charge in [0.25, 0.3) is 5.91 Å². The number of anilines is 2. The second-order valence-corrected chi connectivity index (χ2v) is 10.5. The summed E-state index contributed by atoms with van der Waals surface area (Å²) in [5.41, 5.74) is 1.49. The molecule has 0 saturated heterocycles. The molecule has 1 aliphatic rings. The number of ether oxygens (including phenoxy) is 1. The summed E-state index contributed by atoms with van der Waals surface area (Å²) in [5.74, 6) is -0.182. The SMILES string of the molecule is C[C@H](CO)N1C[C@H](C)[C@H](CN(C)C(=O)Nc2ccccc2)Oc2ccc(NC(=O)CCCN(C)C)cc2C1=O. The summed E-state index contributed by atoms with van der Waals surface area (Å²) in [6, 6.07) is 13.5. The van der Waals surface area contributed by atoms with E-state index in [1.165, 1.54) is 0 Å². The van der Waals surface area contributed by atoms with Crippen LogP contribution in [0.1, 0.15) is 37.0 Å². The van der Waals surface area contributed by atoms with Gasteiger partial charge >= 0.3 is 6.03 Å². The Hall–Kier alpha value is -3.63. The Morgan fingerprint density at radius 1 is 1.10 bits per heavy atom. The highest BCUT2D eigenvalue weighted by Crippen LogP contribution is 2.31. The molecule has 3 rings (SSSR count). The number of aliphatic hydroxyl groups is 1. The first-order chi connectivity index (χ1) is 18.6. The molecule has 10 nitrogen and oxygen atoms in total. The fourth-order valence-corrected chi connectivity index (χ4v) is 4.39. The summed E-state index contributed by atoms with van der Waals surface area (Å²) < 4.78 is 6.35. The van der Waals surface area contributed by atoms with Crippen LogP contribution in [0, 0.1) is 5.92 Å². The Morgan fingerprint density at radius 3 is 2.49 bits per heavy atom. The van der Waals surface area contributed by atoms with Crippen LogP contribution in [-0.2, 0) is 4.79 Å². The van der Waals surface area contributed by atoms with E-state index in [2.05, 4.69) is 10.6 Å². The fraction of sp³-hybridized carbons (Fsp3) is 0.483. The highest BCUT2D eigenvalue weighted by molar-refractivity contribution is 6.00. The number of aliphatic hydroxyl groups excluding tert-OH is 1. The Balaban J connectivity index is 1.81. The normalized spacial score (nSPS) is 17.9. The third-order valence-corrected chi connectivity index (χ3v) is 6.78. The van der Waals surface area contributed by atoms with Gasteiger partial charge in [0, 0.05) is 37.3 Å². The first kappa shape index (κ1) is 29.9. The summed E-state index contributed by atoms with van der Waals surface area (Å²) in [5, 5.41) is 15.6. The van der Waals surface area contributed by atoms with Crippen LogP contribution in [0.15, 0.2) is 48.5 Å². The van der Waals surface area contributed by atoms with Gasteiger partial charge in [-0.1, -0.05) is 25.1 Å². The maximum Gasteiger partial charge on any atom is 0.321 e. The predicted molar refractivity (Wildman–Crippen MR) is 152 cm³/mol. The van der Waals surface area contributed by atoms with E-state index in [9.17, 15) is 19.5 Å². The molecular weight excluding hydrogens is 498 g/mol. The van der Waals surface area contributed by atoms with Gasteiger partial charge in [-0.15, -0.1) is 0 Å². The highest BCUT2D eigenvalue weighted by Gasteiger charge is 2.34. The van der Waals surface area contributed by atoms with Crippen molar-refractivity contribution in [3.05, 3.63) is 54.1 Å². The molecule has 0 unspecified atom stereocenters. The van der Waals surface area contributed by atoms with Crippen molar-refractivity contribution < 1.29 is 24.2 Å². The number of nitrogens with zero attached hydrogens (tertiary/aromatic N) is 3. The smallest absolute Gasteiger partial charge is 0.321 e. The Morgan fingerprint density at radius 2 is 1.82 bits per heavy atom. The molecule has 0 fully saturated rings. The molecule has 10 heteroatoms. The minimum absolute atomic E-state index is 0.130. The van der Waals surface area contributed by atoms with Crippen molar-refractivity contribution in [1.82, 2.24) is 14.7 Å². The van der Waals surface area contributed by atoms with Crippen molar-refractivity contribution in [2.45, 2.75) is 38.8 Å². The minimum atomic E-state index is -0.428. The highest BCUT2D eigenvalue weighted by atomic mass is 16.5. The number of likely N-dealkylation sites (N-methyl/N-ethyl adjacent to an activating group) is 1. The van der Waals surface area contributed by atoms with Crippen LogP contribution in [0.4, 0.5) is 16.2 Å². The Labute approximate surface area is 230 Å². The van der Waals surface area contributed by atoms with E-state index in [1.807, 2.05) is 56.3 Å². The summed E-state index contributed by atoms with van der Waals surface area (Å²) in [7, 11) is 5.61. The fourth-order valence-electron chi connectivity index (χ4n) is 4.39. The van der Waals surface area contributed by atoms with E-state index < -0.39 is 12.1 Å².